The van der Waals surface area contributed by atoms with E-state index >= 15 is 0 Å². The van der Waals surface area contributed by atoms with E-state index in [0.29, 0.717) is 27.3 Å². The van der Waals surface area contributed by atoms with Gasteiger partial charge in [0.15, 0.2) is 0 Å². The smallest absolute Gasteiger partial charge is 0.136 e. The first-order valence-electron chi connectivity index (χ1n) is 22.4. The predicted molar refractivity (Wildman–Crippen MR) is 220 cm³/mol. The van der Waals surface area contributed by atoms with Gasteiger partial charge < -0.3 is 9.32 Å². The molecule has 0 saturated carbocycles. The molecule has 0 bridgehead atoms. The van der Waals surface area contributed by atoms with E-state index in [4.69, 9.17) is 18.1 Å². The Bertz CT molecular complexity index is 3500. The summed E-state index contributed by atoms with van der Waals surface area (Å²) in [4.78, 5) is 2.13. The van der Waals surface area contributed by atoms with Crippen molar-refractivity contribution in [1.82, 2.24) is 0 Å². The molecule has 10 aromatic rings. The van der Waals surface area contributed by atoms with Crippen LogP contribution < -0.4 is 4.90 Å². The van der Waals surface area contributed by atoms with E-state index in [0.717, 1.165) is 44.5 Å². The summed E-state index contributed by atoms with van der Waals surface area (Å²) < 4.78 is 100. The Kier molecular flexibility index (Phi) is 4.96. The fraction of sp³-hybridized carbons (Fsp3) is 0. The molecule has 244 valence electrons. The molecule has 0 N–H and O–H groups in total. The van der Waals surface area contributed by atoms with E-state index < -0.39 is 18.1 Å². The highest BCUT2D eigenvalue weighted by Crippen LogP contribution is 2.46. The molecule has 1 heterocycles. The Morgan fingerprint density at radius 3 is 2.04 bits per heavy atom. The van der Waals surface area contributed by atoms with Crippen LogP contribution in [-0.4, -0.2) is 0 Å². The van der Waals surface area contributed by atoms with Crippen LogP contribution in [0.1, 0.15) is 15.1 Å². The van der Waals surface area contributed by atoms with Gasteiger partial charge in [-0.15, -0.1) is 0 Å². The van der Waals surface area contributed by atoms with Crippen molar-refractivity contribution in [2.75, 3.05) is 4.90 Å². The second-order valence-corrected chi connectivity index (χ2v) is 12.5. The Labute approximate surface area is 317 Å². The largest absolute Gasteiger partial charge is 0.456 e. The van der Waals surface area contributed by atoms with Crippen molar-refractivity contribution in [2.24, 2.45) is 0 Å². The van der Waals surface area contributed by atoms with Gasteiger partial charge in [0.25, 0.3) is 0 Å². The fourth-order valence-corrected chi connectivity index (χ4v) is 7.12. The molecule has 9 aromatic carbocycles. The van der Waals surface area contributed by atoms with Crippen molar-refractivity contribution < 1.29 is 19.5 Å². The molecule has 0 atom stereocenters. The molecule has 2 nitrogen and oxygen atoms in total. The number of nitrogens with zero attached hydrogens (tertiary/aromatic N) is 1. The van der Waals surface area contributed by atoms with Crippen LogP contribution in [0.4, 0.5) is 17.1 Å². The summed E-state index contributed by atoms with van der Waals surface area (Å²) in [6.07, 6.45) is 0. The monoisotopic (exact) mass is 674 g/mol. The lowest BCUT2D eigenvalue weighted by Gasteiger charge is -2.29. The van der Waals surface area contributed by atoms with Crippen LogP contribution in [0.15, 0.2) is 204 Å². The number of fused-ring (bicyclic) bond motifs is 6. The van der Waals surface area contributed by atoms with Crippen molar-refractivity contribution in [3.8, 4) is 33.4 Å². The molecule has 0 amide bonds. The van der Waals surface area contributed by atoms with Gasteiger partial charge in [0.1, 0.15) is 11.2 Å². The Balaban J connectivity index is 1.19. The molecule has 1 aromatic heterocycles. The average molecular weight is 675 g/mol. The SMILES string of the molecule is [2H]c1cc2oc3c([2H])c([2H])c4cc(-c5ccc(N(c6ccc(-c7c([2H])c([2H])c([2H])c([2H])c7[2H])cc6)c6ccccc6-c6ccccc6)c6ccccc56)cc([2H])c4c3c2c([2H])c1[2H]. The molecule has 0 unspecified atom stereocenters. The van der Waals surface area contributed by atoms with E-state index in [1.54, 1.807) is 24.3 Å². The topological polar surface area (TPSA) is 16.4 Å². The zero-order valence-electron chi connectivity index (χ0n) is 38.6. The van der Waals surface area contributed by atoms with Gasteiger partial charge in [-0.2, -0.15) is 0 Å². The van der Waals surface area contributed by atoms with Crippen LogP contribution in [0, 0.1) is 0 Å². The summed E-state index contributed by atoms with van der Waals surface area (Å²) >= 11 is 0. The number of furan rings is 1. The standard InChI is InChI=1S/C50H33NO/c1-3-13-34(14-4-1)35-23-27-39(28-24-35)51(46-21-11-9-17-41(46)36-15-5-2-6-16-36)47-31-30-40(43-18-7-8-19-44(43)47)37-25-29-42-38(33-37)26-32-49-50(42)45-20-10-12-22-48(45)52-49/h1-33H/i1D,3D,4D,10D,12D,13D,14D,20D,26D,29D,32D. The lowest BCUT2D eigenvalue weighted by molar-refractivity contribution is 0.669. The first-order valence-corrected chi connectivity index (χ1v) is 16.9. The second-order valence-electron chi connectivity index (χ2n) is 12.5. The number of hydrogen-bond donors (Lipinski definition) is 0. The molecule has 0 aliphatic heterocycles. The molecule has 52 heavy (non-hydrogen) atoms. The van der Waals surface area contributed by atoms with E-state index in [2.05, 4.69) is 11.0 Å². The average Bonchev–Trinajstić information content (AvgIpc) is 3.68. The molecular weight excluding hydrogens is 631 g/mol. The molecular formula is C50H33NO. The van der Waals surface area contributed by atoms with Crippen molar-refractivity contribution in [2.45, 2.75) is 0 Å². The van der Waals surface area contributed by atoms with Crippen molar-refractivity contribution in [3.05, 3.63) is 200 Å². The molecule has 0 aliphatic carbocycles. The summed E-state index contributed by atoms with van der Waals surface area (Å²) in [5, 5.41) is 2.89. The number of rotatable bonds is 6. The highest BCUT2D eigenvalue weighted by Gasteiger charge is 2.21. The highest BCUT2D eigenvalue weighted by molar-refractivity contribution is 6.19. The number of benzene rings is 9. The molecule has 10 rings (SSSR count). The molecule has 2 heteroatoms. The summed E-state index contributed by atoms with van der Waals surface area (Å²) in [5.74, 6) is 0. The fourth-order valence-electron chi connectivity index (χ4n) is 7.12. The first kappa shape index (κ1) is 20.7. The van der Waals surface area contributed by atoms with Crippen molar-refractivity contribution in [3.63, 3.8) is 0 Å². The van der Waals surface area contributed by atoms with Gasteiger partial charge in [0.2, 0.25) is 0 Å². The Morgan fingerprint density at radius 2 is 1.17 bits per heavy atom. The van der Waals surface area contributed by atoms with Crippen LogP contribution in [-0.2, 0) is 0 Å². The van der Waals surface area contributed by atoms with Crippen molar-refractivity contribution >= 4 is 60.5 Å². The maximum Gasteiger partial charge on any atom is 0.136 e. The minimum Gasteiger partial charge on any atom is -0.456 e. The van der Waals surface area contributed by atoms with Gasteiger partial charge >= 0.3 is 0 Å². The lowest BCUT2D eigenvalue weighted by atomic mass is 9.93. The van der Waals surface area contributed by atoms with Gasteiger partial charge in [-0.1, -0.05) is 157 Å². The van der Waals surface area contributed by atoms with Gasteiger partial charge in [-0.25, -0.2) is 0 Å². The number of hydrogen-bond acceptors (Lipinski definition) is 2. The summed E-state index contributed by atoms with van der Waals surface area (Å²) in [6, 6.07) is 39.2. The molecule has 0 radical (unpaired) electrons. The zero-order chi connectivity index (χ0) is 44.0. The maximum absolute atomic E-state index is 9.38. The normalized spacial score (nSPS) is 14.4. The predicted octanol–water partition coefficient (Wildman–Crippen LogP) is 14.4. The molecule has 0 fully saturated rings. The van der Waals surface area contributed by atoms with Crippen LogP contribution in [0.5, 0.6) is 0 Å². The Morgan fingerprint density at radius 1 is 0.404 bits per heavy atom. The maximum atomic E-state index is 9.38. The van der Waals surface area contributed by atoms with E-state index in [1.165, 1.54) is 6.07 Å². The van der Waals surface area contributed by atoms with Crippen LogP contribution in [0.3, 0.4) is 0 Å². The lowest BCUT2D eigenvalue weighted by Crippen LogP contribution is -2.12. The van der Waals surface area contributed by atoms with E-state index in [1.807, 2.05) is 97.1 Å². The van der Waals surface area contributed by atoms with Crippen LogP contribution in [0.2, 0.25) is 0 Å². The third-order valence-corrected chi connectivity index (χ3v) is 9.50. The van der Waals surface area contributed by atoms with Gasteiger partial charge in [0, 0.05) is 27.4 Å². The molecule has 0 aliphatic rings. The quantitative estimate of drug-likeness (QED) is 0.175. The first-order chi connectivity index (χ1) is 30.3. The second kappa shape index (κ2) is 12.5. The molecule has 0 saturated heterocycles. The Hall–Kier alpha value is -6.90. The van der Waals surface area contributed by atoms with Crippen molar-refractivity contribution in [1.29, 1.82) is 0 Å². The minimum atomic E-state index is -0.452. The third-order valence-electron chi connectivity index (χ3n) is 9.50. The third kappa shape index (κ3) is 5.04. The highest BCUT2D eigenvalue weighted by atomic mass is 16.3. The van der Waals surface area contributed by atoms with Crippen LogP contribution in [0.25, 0.3) is 76.9 Å². The van der Waals surface area contributed by atoms with Gasteiger partial charge in [-0.3, -0.25) is 0 Å². The summed E-state index contributed by atoms with van der Waals surface area (Å²) in [7, 11) is 0. The summed E-state index contributed by atoms with van der Waals surface area (Å²) in [5.41, 5.74) is 6.54. The molecule has 0 spiro atoms. The van der Waals surface area contributed by atoms with E-state index in [-0.39, 0.29) is 70.5 Å². The minimum absolute atomic E-state index is 0.0364. The number of para-hydroxylation sites is 2. The number of anilines is 3. The van der Waals surface area contributed by atoms with Gasteiger partial charge in [-0.05, 0) is 86.4 Å². The van der Waals surface area contributed by atoms with Crippen LogP contribution >= 0.6 is 0 Å². The zero-order valence-corrected chi connectivity index (χ0v) is 27.6. The van der Waals surface area contributed by atoms with E-state index in [9.17, 15) is 1.37 Å². The van der Waals surface area contributed by atoms with Gasteiger partial charge in [0.05, 0.1) is 26.5 Å². The summed E-state index contributed by atoms with van der Waals surface area (Å²) in [6.45, 7) is 0.